The second-order valence-electron chi connectivity index (χ2n) is 4.54. The van der Waals surface area contributed by atoms with Crippen molar-refractivity contribution in [2.45, 2.75) is 4.90 Å². The maximum absolute atomic E-state index is 11.7. The lowest BCUT2D eigenvalue weighted by Gasteiger charge is -2.01. The number of hydrogen-bond donors (Lipinski definition) is 2. The molecular weight excluding hydrogens is 398 g/mol. The van der Waals surface area contributed by atoms with Crippen molar-refractivity contribution in [3.8, 4) is 5.75 Å². The average Bonchev–Trinajstić information content (AvgIpc) is 2.56. The van der Waals surface area contributed by atoms with E-state index in [4.69, 9.17) is 0 Å². The van der Waals surface area contributed by atoms with E-state index in [-0.39, 0.29) is 23.1 Å². The number of carbonyl (C=O) groups is 1. The Labute approximate surface area is 150 Å². The van der Waals surface area contributed by atoms with Crippen LogP contribution in [0, 0.1) is 10.1 Å². The number of hydrogen-bond acceptors (Lipinski definition) is 6. The van der Waals surface area contributed by atoms with E-state index in [0.717, 1.165) is 4.90 Å². The quantitative estimate of drug-likeness (QED) is 0.329. The Kier molecular flexibility index (Phi) is 6.33. The van der Waals surface area contributed by atoms with Crippen molar-refractivity contribution in [2.75, 3.05) is 5.75 Å². The van der Waals surface area contributed by atoms with E-state index in [9.17, 15) is 20.0 Å². The number of aromatic hydroxyl groups is 1. The third kappa shape index (κ3) is 5.36. The van der Waals surface area contributed by atoms with Crippen molar-refractivity contribution < 1.29 is 14.8 Å². The number of carbonyl (C=O) groups excluding carboxylic acids is 1. The lowest BCUT2D eigenvalue weighted by molar-refractivity contribution is -0.384. The number of halogens is 1. The van der Waals surface area contributed by atoms with E-state index in [1.807, 2.05) is 0 Å². The zero-order valence-corrected chi connectivity index (χ0v) is 14.6. The predicted molar refractivity (Wildman–Crippen MR) is 95.4 cm³/mol. The molecule has 0 atom stereocenters. The van der Waals surface area contributed by atoms with E-state index < -0.39 is 4.92 Å². The first kappa shape index (κ1) is 18.0. The van der Waals surface area contributed by atoms with Gasteiger partial charge < -0.3 is 5.11 Å². The number of nitrogens with one attached hydrogen (secondary N) is 1. The Morgan fingerprint density at radius 2 is 2.04 bits per heavy atom. The second-order valence-corrected chi connectivity index (χ2v) is 6.45. The number of hydrazone groups is 1. The largest absolute Gasteiger partial charge is 0.507 e. The normalized spacial score (nSPS) is 10.7. The number of benzene rings is 2. The lowest BCUT2D eigenvalue weighted by atomic mass is 10.2. The topological polar surface area (TPSA) is 105 Å². The molecule has 0 fully saturated rings. The molecule has 0 spiro atoms. The van der Waals surface area contributed by atoms with Gasteiger partial charge in [-0.05, 0) is 51.8 Å². The Hall–Kier alpha value is -2.39. The van der Waals surface area contributed by atoms with E-state index in [2.05, 4.69) is 26.5 Å². The molecule has 0 saturated heterocycles. The van der Waals surface area contributed by atoms with Crippen LogP contribution < -0.4 is 5.43 Å². The maximum Gasteiger partial charge on any atom is 0.269 e. The molecule has 124 valence electrons. The molecule has 24 heavy (non-hydrogen) atoms. The highest BCUT2D eigenvalue weighted by atomic mass is 79.9. The van der Waals surface area contributed by atoms with Crippen molar-refractivity contribution in [3.63, 3.8) is 0 Å². The molecule has 2 N–H and O–H groups in total. The first-order valence-electron chi connectivity index (χ1n) is 6.63. The number of phenols is 1. The summed E-state index contributed by atoms with van der Waals surface area (Å²) in [7, 11) is 0. The van der Waals surface area contributed by atoms with Crippen LogP contribution in [0.2, 0.25) is 0 Å². The van der Waals surface area contributed by atoms with E-state index >= 15 is 0 Å². The number of nitrogens with zero attached hydrogens (tertiary/aromatic N) is 2. The summed E-state index contributed by atoms with van der Waals surface area (Å²) in [5.41, 5.74) is 3.11. The predicted octanol–water partition coefficient (Wildman–Crippen LogP) is 3.31. The van der Waals surface area contributed by atoms with E-state index in [0.29, 0.717) is 10.0 Å². The Bertz CT molecular complexity index is 781. The molecule has 0 saturated carbocycles. The molecule has 0 bridgehead atoms. The Morgan fingerprint density at radius 1 is 1.33 bits per heavy atom. The zero-order chi connectivity index (χ0) is 17.5. The van der Waals surface area contributed by atoms with Gasteiger partial charge in [-0.15, -0.1) is 11.8 Å². The highest BCUT2D eigenvalue weighted by Crippen LogP contribution is 2.23. The monoisotopic (exact) mass is 409 g/mol. The van der Waals surface area contributed by atoms with E-state index in [1.54, 1.807) is 24.3 Å². The molecule has 0 unspecified atom stereocenters. The van der Waals surface area contributed by atoms with E-state index in [1.165, 1.54) is 36.2 Å². The molecule has 0 heterocycles. The Balaban J connectivity index is 1.81. The van der Waals surface area contributed by atoms with Gasteiger partial charge in [0.05, 0.1) is 21.4 Å². The summed E-state index contributed by atoms with van der Waals surface area (Å²) in [5, 5.41) is 23.8. The summed E-state index contributed by atoms with van der Waals surface area (Å²) in [6.07, 6.45) is 1.46. The minimum Gasteiger partial charge on any atom is -0.507 e. The molecule has 1 amide bonds. The van der Waals surface area contributed by atoms with Gasteiger partial charge in [-0.25, -0.2) is 5.43 Å². The molecule has 2 aromatic rings. The fraction of sp³-hybridized carbons (Fsp3) is 0.0667. The molecule has 7 nitrogen and oxygen atoms in total. The van der Waals surface area contributed by atoms with Crippen LogP contribution in [0.25, 0.3) is 0 Å². The van der Waals surface area contributed by atoms with Crippen LogP contribution in [0.15, 0.2) is 56.9 Å². The maximum atomic E-state index is 11.7. The highest BCUT2D eigenvalue weighted by molar-refractivity contribution is 9.10. The standard InChI is InChI=1S/C15H12BrN3O4S/c16-13-7-10(1-6-14(13)20)8-17-18-15(21)9-24-12-4-2-11(3-5-12)19(22)23/h1-8,20H,9H2,(H,18,21)/b17-8-. The summed E-state index contributed by atoms with van der Waals surface area (Å²) in [4.78, 5) is 22.5. The summed E-state index contributed by atoms with van der Waals surface area (Å²) >= 11 is 4.44. The Morgan fingerprint density at radius 3 is 2.67 bits per heavy atom. The zero-order valence-electron chi connectivity index (χ0n) is 12.2. The van der Waals surface area contributed by atoms with Crippen LogP contribution in [0.4, 0.5) is 5.69 Å². The van der Waals surface area contributed by atoms with Gasteiger partial charge >= 0.3 is 0 Å². The molecule has 0 aliphatic rings. The van der Waals surface area contributed by atoms with Gasteiger partial charge in [0.25, 0.3) is 5.69 Å². The molecule has 0 aromatic heterocycles. The molecule has 0 aliphatic carbocycles. The molecule has 9 heteroatoms. The van der Waals surface area contributed by atoms with Crippen LogP contribution in [0.1, 0.15) is 5.56 Å². The molecule has 2 aromatic carbocycles. The summed E-state index contributed by atoms with van der Waals surface area (Å²) in [5.74, 6) is -0.0443. The van der Waals surface area contributed by atoms with Gasteiger partial charge in [-0.2, -0.15) is 5.10 Å². The number of non-ortho nitro benzene ring substituents is 1. The van der Waals surface area contributed by atoms with Crippen molar-refractivity contribution in [3.05, 3.63) is 62.6 Å². The number of nitro benzene ring substituents is 1. The number of nitro groups is 1. The van der Waals surface area contributed by atoms with Crippen LogP contribution in [-0.4, -0.2) is 27.9 Å². The molecule has 0 radical (unpaired) electrons. The SMILES string of the molecule is O=C(CSc1ccc([N+](=O)[O-])cc1)N/N=C\c1ccc(O)c(Br)c1. The summed E-state index contributed by atoms with van der Waals surface area (Å²) in [6.45, 7) is 0. The van der Waals surface area contributed by atoms with Gasteiger partial charge in [0.2, 0.25) is 5.91 Å². The summed E-state index contributed by atoms with van der Waals surface area (Å²) in [6, 6.07) is 10.8. The molecule has 2 rings (SSSR count). The average molecular weight is 410 g/mol. The minimum absolute atomic E-state index is 0.00783. The highest BCUT2D eigenvalue weighted by Gasteiger charge is 2.06. The third-order valence-corrected chi connectivity index (χ3v) is 4.44. The number of phenolic OH excluding ortho intramolecular Hbond substituents is 1. The number of thioether (sulfide) groups is 1. The number of amides is 1. The van der Waals surface area contributed by atoms with Crippen molar-refractivity contribution >= 4 is 45.5 Å². The van der Waals surface area contributed by atoms with Gasteiger partial charge in [-0.1, -0.05) is 0 Å². The van der Waals surface area contributed by atoms with Crippen LogP contribution in [-0.2, 0) is 4.79 Å². The lowest BCUT2D eigenvalue weighted by Crippen LogP contribution is -2.19. The van der Waals surface area contributed by atoms with Crippen molar-refractivity contribution in [1.29, 1.82) is 0 Å². The van der Waals surface area contributed by atoms with Gasteiger partial charge in [-0.3, -0.25) is 14.9 Å². The van der Waals surface area contributed by atoms with Gasteiger partial charge in [0.15, 0.2) is 0 Å². The van der Waals surface area contributed by atoms with Crippen LogP contribution in [0.5, 0.6) is 5.75 Å². The molecular formula is C15H12BrN3O4S. The minimum atomic E-state index is -0.475. The summed E-state index contributed by atoms with van der Waals surface area (Å²) < 4.78 is 0.534. The fourth-order valence-corrected chi connectivity index (χ4v) is 2.71. The van der Waals surface area contributed by atoms with Gasteiger partial charge in [0, 0.05) is 17.0 Å². The van der Waals surface area contributed by atoms with Crippen molar-refractivity contribution in [1.82, 2.24) is 5.43 Å². The van der Waals surface area contributed by atoms with Crippen LogP contribution in [0.3, 0.4) is 0 Å². The fourth-order valence-electron chi connectivity index (χ4n) is 1.63. The molecule has 0 aliphatic heterocycles. The van der Waals surface area contributed by atoms with Gasteiger partial charge in [0.1, 0.15) is 5.75 Å². The smallest absolute Gasteiger partial charge is 0.269 e. The number of rotatable bonds is 6. The first-order valence-corrected chi connectivity index (χ1v) is 8.41. The van der Waals surface area contributed by atoms with Crippen LogP contribution >= 0.6 is 27.7 Å². The second kappa shape index (κ2) is 8.46. The third-order valence-electron chi connectivity index (χ3n) is 2.79. The first-order chi connectivity index (χ1) is 11.5. The van der Waals surface area contributed by atoms with Crippen molar-refractivity contribution in [2.24, 2.45) is 5.10 Å².